The third-order valence-electron chi connectivity index (χ3n) is 3.98. The Labute approximate surface area is 97.0 Å². The van der Waals surface area contributed by atoms with Crippen LogP contribution in [0.25, 0.3) is 0 Å². The summed E-state index contributed by atoms with van der Waals surface area (Å²) in [6.45, 7) is 0. The summed E-state index contributed by atoms with van der Waals surface area (Å²) in [6.07, 6.45) is 1.57. The zero-order chi connectivity index (χ0) is 11.6. The fraction of sp³-hybridized carbons (Fsp3) is 0.417. The normalized spacial score (nSPS) is 35.1. The van der Waals surface area contributed by atoms with Crippen molar-refractivity contribution in [2.45, 2.75) is 24.7 Å². The van der Waals surface area contributed by atoms with E-state index >= 15 is 0 Å². The van der Waals surface area contributed by atoms with Gasteiger partial charge in [0.25, 0.3) is 0 Å². The molecule has 84 valence electrons. The standard InChI is InChI=1S/C12H10ClFO2/c13-7-2-1-3-8(14)9(7)11-4-12(5-11,6-11)10(15)16/h1-3H,4-6H2,(H,15,16). The Morgan fingerprint density at radius 3 is 2.50 bits per heavy atom. The summed E-state index contributed by atoms with van der Waals surface area (Å²) in [5, 5.41) is 9.42. The summed E-state index contributed by atoms with van der Waals surface area (Å²) in [7, 11) is 0. The lowest BCUT2D eigenvalue weighted by atomic mass is 9.33. The molecule has 16 heavy (non-hydrogen) atoms. The van der Waals surface area contributed by atoms with E-state index < -0.39 is 11.4 Å². The Hall–Kier alpha value is -1.09. The molecule has 2 bridgehead atoms. The second kappa shape index (κ2) is 2.77. The van der Waals surface area contributed by atoms with E-state index in [2.05, 4.69) is 0 Å². The average Bonchev–Trinajstić information content (AvgIpc) is 2.04. The van der Waals surface area contributed by atoms with E-state index in [1.165, 1.54) is 6.07 Å². The monoisotopic (exact) mass is 240 g/mol. The first-order valence-corrected chi connectivity index (χ1v) is 5.55. The summed E-state index contributed by atoms with van der Waals surface area (Å²) in [6, 6.07) is 4.61. The Morgan fingerprint density at radius 1 is 1.38 bits per heavy atom. The van der Waals surface area contributed by atoms with Crippen LogP contribution >= 0.6 is 11.6 Å². The molecular weight excluding hydrogens is 231 g/mol. The van der Waals surface area contributed by atoms with E-state index in [0.717, 1.165) is 0 Å². The fourth-order valence-corrected chi connectivity index (χ4v) is 3.65. The molecule has 3 saturated carbocycles. The van der Waals surface area contributed by atoms with E-state index in [1.54, 1.807) is 12.1 Å². The van der Waals surface area contributed by atoms with Gasteiger partial charge in [-0.15, -0.1) is 0 Å². The molecule has 3 aliphatic rings. The van der Waals surface area contributed by atoms with Gasteiger partial charge < -0.3 is 5.11 Å². The highest BCUT2D eigenvalue weighted by Crippen LogP contribution is 2.74. The number of carbonyl (C=O) groups is 1. The van der Waals surface area contributed by atoms with Crippen molar-refractivity contribution in [3.8, 4) is 0 Å². The van der Waals surface area contributed by atoms with Crippen molar-refractivity contribution < 1.29 is 14.3 Å². The van der Waals surface area contributed by atoms with Gasteiger partial charge in [-0.25, -0.2) is 4.39 Å². The van der Waals surface area contributed by atoms with Gasteiger partial charge in [0.2, 0.25) is 0 Å². The van der Waals surface area contributed by atoms with Crippen molar-refractivity contribution >= 4 is 17.6 Å². The van der Waals surface area contributed by atoms with Crippen molar-refractivity contribution in [2.75, 3.05) is 0 Å². The molecule has 0 atom stereocenters. The lowest BCUT2D eigenvalue weighted by molar-refractivity contribution is -0.195. The van der Waals surface area contributed by atoms with Crippen molar-refractivity contribution in [1.82, 2.24) is 0 Å². The molecular formula is C12H10ClFO2. The van der Waals surface area contributed by atoms with Crippen molar-refractivity contribution in [3.63, 3.8) is 0 Å². The smallest absolute Gasteiger partial charge is 0.309 e. The first-order chi connectivity index (χ1) is 7.49. The predicted molar refractivity (Wildman–Crippen MR) is 57.0 cm³/mol. The number of aliphatic carboxylic acids is 1. The Bertz CT molecular complexity index is 458. The van der Waals surface area contributed by atoms with Gasteiger partial charge in [0.05, 0.1) is 5.41 Å². The minimum atomic E-state index is -0.762. The molecule has 4 heteroatoms. The maximum Gasteiger partial charge on any atom is 0.309 e. The summed E-state index contributed by atoms with van der Waals surface area (Å²) in [5.41, 5.74) is -0.383. The van der Waals surface area contributed by atoms with Crippen LogP contribution in [0.1, 0.15) is 24.8 Å². The van der Waals surface area contributed by atoms with Crippen LogP contribution < -0.4 is 0 Å². The molecule has 0 spiro atoms. The molecule has 1 aromatic carbocycles. The molecule has 1 N–H and O–H groups in total. The van der Waals surface area contributed by atoms with E-state index in [9.17, 15) is 9.18 Å². The Morgan fingerprint density at radius 2 is 2.00 bits per heavy atom. The number of hydrogen-bond acceptors (Lipinski definition) is 1. The lowest BCUT2D eigenvalue weighted by Crippen LogP contribution is -2.68. The van der Waals surface area contributed by atoms with E-state index in [1.807, 2.05) is 0 Å². The summed E-state index contributed by atoms with van der Waals surface area (Å²) >= 11 is 5.99. The van der Waals surface area contributed by atoms with Crippen molar-refractivity contribution in [1.29, 1.82) is 0 Å². The van der Waals surface area contributed by atoms with Gasteiger partial charge in [0.15, 0.2) is 0 Å². The predicted octanol–water partition coefficient (Wildman–Crippen LogP) is 2.99. The third kappa shape index (κ3) is 0.995. The van der Waals surface area contributed by atoms with Gasteiger partial charge in [0.1, 0.15) is 5.82 Å². The maximum absolute atomic E-state index is 13.7. The average molecular weight is 241 g/mol. The largest absolute Gasteiger partial charge is 0.481 e. The molecule has 0 heterocycles. The SMILES string of the molecule is O=C(O)C12CC(c3c(F)cccc3Cl)(C1)C2. The van der Waals surface area contributed by atoms with E-state index in [-0.39, 0.29) is 11.2 Å². The molecule has 0 unspecified atom stereocenters. The quantitative estimate of drug-likeness (QED) is 0.863. The molecule has 3 fully saturated rings. The lowest BCUT2D eigenvalue weighted by Gasteiger charge is -2.68. The number of carboxylic acids is 1. The van der Waals surface area contributed by atoms with Crippen molar-refractivity contribution in [3.05, 3.63) is 34.6 Å². The van der Waals surface area contributed by atoms with Crippen LogP contribution in [-0.4, -0.2) is 11.1 Å². The van der Waals surface area contributed by atoms with Crippen LogP contribution in [0, 0.1) is 11.2 Å². The van der Waals surface area contributed by atoms with Gasteiger partial charge in [0, 0.05) is 16.0 Å². The molecule has 0 amide bonds. The van der Waals surface area contributed by atoms with Crippen LogP contribution in [-0.2, 0) is 10.2 Å². The number of benzene rings is 1. The van der Waals surface area contributed by atoms with Gasteiger partial charge in [-0.2, -0.15) is 0 Å². The molecule has 0 aromatic heterocycles. The van der Waals surface area contributed by atoms with Gasteiger partial charge >= 0.3 is 5.97 Å². The topological polar surface area (TPSA) is 37.3 Å². The Kier molecular flexibility index (Phi) is 1.75. The minimum absolute atomic E-state index is 0.305. The first kappa shape index (κ1) is 10.1. The van der Waals surface area contributed by atoms with Crippen molar-refractivity contribution in [2.24, 2.45) is 5.41 Å². The highest BCUT2D eigenvalue weighted by molar-refractivity contribution is 6.31. The molecule has 0 aliphatic heterocycles. The highest BCUT2D eigenvalue weighted by atomic mass is 35.5. The van der Waals surface area contributed by atoms with Crippen LogP contribution in [0.5, 0.6) is 0 Å². The molecule has 0 radical (unpaired) electrons. The second-order valence-electron chi connectivity index (χ2n) is 4.99. The minimum Gasteiger partial charge on any atom is -0.481 e. The summed E-state index contributed by atoms with van der Waals surface area (Å²) < 4.78 is 13.7. The number of carboxylic acid groups (broad SMARTS) is 1. The molecule has 2 nitrogen and oxygen atoms in total. The number of halogens is 2. The first-order valence-electron chi connectivity index (χ1n) is 5.17. The van der Waals surface area contributed by atoms with Crippen LogP contribution in [0.2, 0.25) is 5.02 Å². The van der Waals surface area contributed by atoms with Crippen LogP contribution in [0.3, 0.4) is 0 Å². The van der Waals surface area contributed by atoms with Gasteiger partial charge in [-0.05, 0) is 31.4 Å². The zero-order valence-corrected chi connectivity index (χ0v) is 9.22. The van der Waals surface area contributed by atoms with E-state index in [0.29, 0.717) is 29.8 Å². The van der Waals surface area contributed by atoms with Crippen LogP contribution in [0.15, 0.2) is 18.2 Å². The summed E-state index contributed by atoms with van der Waals surface area (Å²) in [4.78, 5) is 11.0. The third-order valence-corrected chi connectivity index (χ3v) is 4.29. The highest BCUT2D eigenvalue weighted by Gasteiger charge is 2.73. The fourth-order valence-electron chi connectivity index (χ4n) is 3.28. The Balaban J connectivity index is 1.96. The molecule has 3 aliphatic carbocycles. The van der Waals surface area contributed by atoms with Gasteiger partial charge in [-0.3, -0.25) is 4.79 Å². The summed E-state index contributed by atoms with van der Waals surface area (Å²) in [5.74, 6) is -1.08. The molecule has 1 aromatic rings. The van der Waals surface area contributed by atoms with E-state index in [4.69, 9.17) is 16.7 Å². The molecule has 4 rings (SSSR count). The van der Waals surface area contributed by atoms with Crippen LogP contribution in [0.4, 0.5) is 4.39 Å². The maximum atomic E-state index is 13.7. The number of rotatable bonds is 2. The second-order valence-corrected chi connectivity index (χ2v) is 5.40. The molecule has 0 saturated heterocycles. The zero-order valence-electron chi connectivity index (χ0n) is 8.46. The number of hydrogen-bond donors (Lipinski definition) is 1. The van der Waals surface area contributed by atoms with Gasteiger partial charge in [-0.1, -0.05) is 17.7 Å².